The highest BCUT2D eigenvalue weighted by Gasteiger charge is 2.63. The zero-order chi connectivity index (χ0) is 22.2. The monoisotopic (exact) mass is 436 g/mol. The van der Waals surface area contributed by atoms with Crippen LogP contribution in [-0.2, 0) is 14.0 Å². The summed E-state index contributed by atoms with van der Waals surface area (Å²) in [6.07, 6.45) is 10.0. The molecular formula is C25H44O4Si. The summed E-state index contributed by atoms with van der Waals surface area (Å²) >= 11 is 0. The van der Waals surface area contributed by atoms with Crippen LogP contribution in [0.5, 0.6) is 0 Å². The number of allylic oxidation sites excluding steroid dienone is 1. The van der Waals surface area contributed by atoms with Crippen LogP contribution in [0, 0.1) is 23.2 Å². The van der Waals surface area contributed by atoms with Gasteiger partial charge in [-0.1, -0.05) is 46.8 Å². The molecule has 1 saturated carbocycles. The Kier molecular flexibility index (Phi) is 7.26. The molecule has 7 atom stereocenters. The molecule has 1 heterocycles. The molecule has 0 amide bonds. The summed E-state index contributed by atoms with van der Waals surface area (Å²) in [5.41, 5.74) is -0.912. The molecule has 5 heteroatoms. The maximum Gasteiger partial charge on any atom is 0.311 e. The number of ether oxygens (including phenoxy) is 1. The van der Waals surface area contributed by atoms with Crippen molar-refractivity contribution in [3.05, 3.63) is 12.2 Å². The van der Waals surface area contributed by atoms with Gasteiger partial charge in [0.1, 0.15) is 6.10 Å². The first-order valence-corrected chi connectivity index (χ1v) is 14.9. The lowest BCUT2D eigenvalue weighted by atomic mass is 9.64. The molecule has 0 spiro atoms. The van der Waals surface area contributed by atoms with E-state index in [-0.39, 0.29) is 29.5 Å². The normalized spacial score (nSPS) is 43.4. The summed E-state index contributed by atoms with van der Waals surface area (Å²) in [7, 11) is -1.69. The van der Waals surface area contributed by atoms with E-state index in [0.717, 1.165) is 50.2 Å². The SMILES string of the molecule is CC[Si](CC)(CC)OC1/C=C/CC[C@]2(C)CC[C@@]3(O)[C@@H](C)C(=O)O[C@H](C[C@H](C)C1)[C@@H]23. The van der Waals surface area contributed by atoms with Crippen LogP contribution in [0.3, 0.4) is 0 Å². The van der Waals surface area contributed by atoms with E-state index in [1.807, 2.05) is 6.92 Å². The second kappa shape index (κ2) is 9.07. The quantitative estimate of drug-likeness (QED) is 0.333. The van der Waals surface area contributed by atoms with Crippen LogP contribution >= 0.6 is 0 Å². The Labute approximate surface area is 184 Å². The van der Waals surface area contributed by atoms with Gasteiger partial charge in [-0.3, -0.25) is 4.79 Å². The Balaban J connectivity index is 1.87. The first kappa shape index (κ1) is 24.0. The minimum Gasteiger partial charge on any atom is -0.462 e. The van der Waals surface area contributed by atoms with Gasteiger partial charge >= 0.3 is 5.97 Å². The van der Waals surface area contributed by atoms with Gasteiger partial charge in [-0.2, -0.15) is 0 Å². The third-order valence-corrected chi connectivity index (χ3v) is 13.6. The van der Waals surface area contributed by atoms with Gasteiger partial charge in [-0.05, 0) is 74.9 Å². The molecule has 3 rings (SSSR count). The van der Waals surface area contributed by atoms with Crippen molar-refractivity contribution < 1.29 is 19.1 Å². The summed E-state index contributed by atoms with van der Waals surface area (Å²) in [5, 5.41) is 11.6. The Morgan fingerprint density at radius 3 is 2.43 bits per heavy atom. The van der Waals surface area contributed by atoms with Crippen molar-refractivity contribution in [2.45, 2.75) is 116 Å². The summed E-state index contributed by atoms with van der Waals surface area (Å²) < 4.78 is 12.9. The van der Waals surface area contributed by atoms with Gasteiger partial charge in [0.15, 0.2) is 8.32 Å². The fourth-order valence-corrected chi connectivity index (χ4v) is 9.50. The third kappa shape index (κ3) is 4.31. The highest BCUT2D eigenvalue weighted by atomic mass is 28.4. The topological polar surface area (TPSA) is 55.8 Å². The maximum atomic E-state index is 12.6. The maximum absolute atomic E-state index is 12.6. The van der Waals surface area contributed by atoms with Gasteiger partial charge in [0.25, 0.3) is 0 Å². The van der Waals surface area contributed by atoms with Gasteiger partial charge in [0.2, 0.25) is 0 Å². The van der Waals surface area contributed by atoms with E-state index in [2.05, 4.69) is 46.8 Å². The molecule has 0 aromatic rings. The Morgan fingerprint density at radius 1 is 1.13 bits per heavy atom. The minimum atomic E-state index is -1.69. The summed E-state index contributed by atoms with van der Waals surface area (Å²) in [6, 6.07) is 3.47. The smallest absolute Gasteiger partial charge is 0.311 e. The number of carbonyl (C=O) groups excluding carboxylic acids is 1. The predicted molar refractivity (Wildman–Crippen MR) is 124 cm³/mol. The second-order valence-corrected chi connectivity index (χ2v) is 15.5. The zero-order valence-corrected chi connectivity index (χ0v) is 21.1. The molecule has 0 aromatic heterocycles. The second-order valence-electron chi connectivity index (χ2n) is 10.8. The van der Waals surface area contributed by atoms with Crippen molar-refractivity contribution in [2.24, 2.45) is 23.2 Å². The standard InChI is InChI=1S/C25H44O4Si/c1-7-30(8-2,9-3)29-20-12-10-11-13-24(6)14-15-25(27)19(5)23(26)28-21(22(24)25)17-18(4)16-20/h10,12,18-22,27H,7-9,11,13-17H2,1-6H3/b12-10+/t18-,19+,20?,21-,22+,24-,25-/m1/s1. The van der Waals surface area contributed by atoms with Gasteiger partial charge in [-0.25, -0.2) is 0 Å². The fourth-order valence-electron chi connectivity index (χ4n) is 6.68. The first-order chi connectivity index (χ1) is 14.1. The predicted octanol–water partition coefficient (Wildman–Crippen LogP) is 5.85. The van der Waals surface area contributed by atoms with Gasteiger partial charge in [0.05, 0.1) is 17.6 Å². The number of esters is 1. The summed E-state index contributed by atoms with van der Waals surface area (Å²) in [6.45, 7) is 13.3. The van der Waals surface area contributed by atoms with Crippen LogP contribution in [0.1, 0.15) is 80.1 Å². The molecule has 1 aliphatic heterocycles. The van der Waals surface area contributed by atoms with Gasteiger partial charge in [-0.15, -0.1) is 0 Å². The fraction of sp³-hybridized carbons (Fsp3) is 0.880. The molecule has 0 radical (unpaired) electrons. The first-order valence-electron chi connectivity index (χ1n) is 12.4. The number of hydrogen-bond donors (Lipinski definition) is 1. The van der Waals surface area contributed by atoms with Crippen LogP contribution < -0.4 is 0 Å². The van der Waals surface area contributed by atoms with E-state index >= 15 is 0 Å². The molecule has 0 bridgehead atoms. The van der Waals surface area contributed by atoms with E-state index in [0.29, 0.717) is 12.3 Å². The minimum absolute atomic E-state index is 0.00783. The van der Waals surface area contributed by atoms with Crippen LogP contribution in [0.2, 0.25) is 18.1 Å². The Hall–Kier alpha value is -0.653. The largest absolute Gasteiger partial charge is 0.462 e. The van der Waals surface area contributed by atoms with E-state index in [9.17, 15) is 9.90 Å². The molecule has 2 aliphatic carbocycles. The van der Waals surface area contributed by atoms with Gasteiger partial charge in [0, 0.05) is 5.92 Å². The lowest BCUT2D eigenvalue weighted by Gasteiger charge is -2.49. The molecule has 1 saturated heterocycles. The molecule has 0 aromatic carbocycles. The van der Waals surface area contributed by atoms with Crippen molar-refractivity contribution in [1.82, 2.24) is 0 Å². The van der Waals surface area contributed by atoms with E-state index in [1.54, 1.807) is 0 Å². The van der Waals surface area contributed by atoms with Crippen molar-refractivity contribution in [1.29, 1.82) is 0 Å². The van der Waals surface area contributed by atoms with Crippen molar-refractivity contribution in [3.63, 3.8) is 0 Å². The highest BCUT2D eigenvalue weighted by Crippen LogP contribution is 2.59. The lowest BCUT2D eigenvalue weighted by molar-refractivity contribution is -0.207. The van der Waals surface area contributed by atoms with Gasteiger partial charge < -0.3 is 14.3 Å². The van der Waals surface area contributed by atoms with E-state index in [4.69, 9.17) is 9.16 Å². The van der Waals surface area contributed by atoms with E-state index < -0.39 is 19.8 Å². The van der Waals surface area contributed by atoms with Crippen LogP contribution in [0.25, 0.3) is 0 Å². The number of rotatable bonds is 5. The van der Waals surface area contributed by atoms with E-state index in [1.165, 1.54) is 0 Å². The van der Waals surface area contributed by atoms with Crippen LogP contribution in [-0.4, -0.2) is 37.2 Å². The van der Waals surface area contributed by atoms with Crippen molar-refractivity contribution >= 4 is 14.3 Å². The average Bonchev–Trinajstić information content (AvgIpc) is 2.98. The molecule has 1 unspecified atom stereocenters. The van der Waals surface area contributed by atoms with Crippen LogP contribution in [0.4, 0.5) is 0 Å². The average molecular weight is 437 g/mol. The molecular weight excluding hydrogens is 392 g/mol. The Morgan fingerprint density at radius 2 is 1.80 bits per heavy atom. The van der Waals surface area contributed by atoms with Crippen molar-refractivity contribution in [3.8, 4) is 0 Å². The molecule has 4 nitrogen and oxygen atoms in total. The molecule has 1 N–H and O–H groups in total. The highest BCUT2D eigenvalue weighted by molar-refractivity contribution is 6.73. The Bertz CT molecular complexity index is 637. The summed E-state index contributed by atoms with van der Waals surface area (Å²) in [4.78, 5) is 12.6. The zero-order valence-electron chi connectivity index (χ0n) is 20.1. The third-order valence-electron chi connectivity index (χ3n) is 8.97. The lowest BCUT2D eigenvalue weighted by Crippen LogP contribution is -2.58. The summed E-state index contributed by atoms with van der Waals surface area (Å²) in [5.74, 6) is -0.250. The molecule has 30 heavy (non-hydrogen) atoms. The van der Waals surface area contributed by atoms with Crippen LogP contribution in [0.15, 0.2) is 12.2 Å². The van der Waals surface area contributed by atoms with Crippen molar-refractivity contribution in [2.75, 3.05) is 0 Å². The number of aliphatic hydroxyl groups is 1. The molecule has 2 fully saturated rings. The number of carbonyl (C=O) groups is 1. The molecule has 172 valence electrons. The molecule has 3 aliphatic rings. The number of hydrogen-bond acceptors (Lipinski definition) is 4.